The second-order valence-corrected chi connectivity index (χ2v) is 3.27. The van der Waals surface area contributed by atoms with Crippen molar-refractivity contribution in [3.05, 3.63) is 35.9 Å². The zero-order valence-corrected chi connectivity index (χ0v) is 8.22. The predicted molar refractivity (Wildman–Crippen MR) is 55.6 cm³/mol. The minimum absolute atomic E-state index is 0.0836. The molecule has 0 bridgehead atoms. The molecule has 1 aromatic carbocycles. The standard InChI is InChI=1S/C11H13NO3/c12-9(6-7-10(13)14)11(15)8-4-2-1-3-5-8/h1-5,9H,6-7,12H2,(H,13,14). The SMILES string of the molecule is NC(CCC(=O)O)C(=O)c1ccccc1. The molecule has 80 valence electrons. The van der Waals surface area contributed by atoms with Crippen LogP contribution in [0.25, 0.3) is 0 Å². The van der Waals surface area contributed by atoms with Gasteiger partial charge in [0, 0.05) is 12.0 Å². The van der Waals surface area contributed by atoms with Gasteiger partial charge >= 0.3 is 5.97 Å². The summed E-state index contributed by atoms with van der Waals surface area (Å²) < 4.78 is 0. The van der Waals surface area contributed by atoms with E-state index in [1.54, 1.807) is 30.3 Å². The normalized spacial score (nSPS) is 12.1. The summed E-state index contributed by atoms with van der Waals surface area (Å²) in [6.07, 6.45) is 0.0861. The molecule has 4 nitrogen and oxygen atoms in total. The summed E-state index contributed by atoms with van der Waals surface area (Å²) in [5.41, 5.74) is 6.11. The Hall–Kier alpha value is -1.68. The van der Waals surface area contributed by atoms with E-state index in [-0.39, 0.29) is 18.6 Å². The van der Waals surface area contributed by atoms with Crippen LogP contribution >= 0.6 is 0 Å². The third kappa shape index (κ3) is 3.52. The molecule has 0 saturated heterocycles. The lowest BCUT2D eigenvalue weighted by Crippen LogP contribution is -2.31. The number of benzene rings is 1. The van der Waals surface area contributed by atoms with E-state index in [1.807, 2.05) is 0 Å². The molecule has 0 spiro atoms. The molecule has 0 aromatic heterocycles. The summed E-state index contributed by atoms with van der Waals surface area (Å²) in [5.74, 6) is -1.15. The maximum atomic E-state index is 11.6. The van der Waals surface area contributed by atoms with E-state index in [9.17, 15) is 9.59 Å². The summed E-state index contributed by atoms with van der Waals surface area (Å²) in [5, 5.41) is 8.45. The van der Waals surface area contributed by atoms with Gasteiger partial charge < -0.3 is 10.8 Å². The van der Waals surface area contributed by atoms with E-state index in [0.717, 1.165) is 0 Å². The summed E-state index contributed by atoms with van der Waals surface area (Å²) in [7, 11) is 0. The van der Waals surface area contributed by atoms with Gasteiger partial charge in [-0.2, -0.15) is 0 Å². The molecule has 0 saturated carbocycles. The molecule has 0 heterocycles. The van der Waals surface area contributed by atoms with Crippen molar-refractivity contribution in [3.8, 4) is 0 Å². The summed E-state index contributed by atoms with van der Waals surface area (Å²) in [6.45, 7) is 0. The van der Waals surface area contributed by atoms with E-state index >= 15 is 0 Å². The summed E-state index contributed by atoms with van der Waals surface area (Å²) in [4.78, 5) is 21.9. The lowest BCUT2D eigenvalue weighted by atomic mass is 10.0. The van der Waals surface area contributed by atoms with Crippen molar-refractivity contribution in [1.29, 1.82) is 0 Å². The third-order valence-electron chi connectivity index (χ3n) is 2.06. The molecular weight excluding hydrogens is 194 g/mol. The Labute approximate surface area is 87.7 Å². The highest BCUT2D eigenvalue weighted by Gasteiger charge is 2.16. The largest absolute Gasteiger partial charge is 0.481 e. The zero-order valence-electron chi connectivity index (χ0n) is 8.22. The maximum absolute atomic E-state index is 11.6. The Balaban J connectivity index is 2.57. The van der Waals surface area contributed by atoms with Gasteiger partial charge in [0.05, 0.1) is 6.04 Å². The van der Waals surface area contributed by atoms with Crippen molar-refractivity contribution < 1.29 is 14.7 Å². The van der Waals surface area contributed by atoms with Crippen LogP contribution in [-0.4, -0.2) is 22.9 Å². The minimum atomic E-state index is -0.939. The second-order valence-electron chi connectivity index (χ2n) is 3.27. The van der Waals surface area contributed by atoms with Gasteiger partial charge in [0.15, 0.2) is 5.78 Å². The van der Waals surface area contributed by atoms with Crippen molar-refractivity contribution >= 4 is 11.8 Å². The van der Waals surface area contributed by atoms with Gasteiger partial charge in [0.25, 0.3) is 0 Å². The Morgan fingerprint density at radius 3 is 2.40 bits per heavy atom. The first kappa shape index (κ1) is 11.4. The number of carbonyl (C=O) groups is 2. The number of ketones is 1. The molecule has 0 fully saturated rings. The number of carboxylic acid groups (broad SMARTS) is 1. The fourth-order valence-electron chi connectivity index (χ4n) is 1.23. The maximum Gasteiger partial charge on any atom is 0.303 e. The molecule has 15 heavy (non-hydrogen) atoms. The molecule has 0 aliphatic rings. The van der Waals surface area contributed by atoms with Gasteiger partial charge in [-0.25, -0.2) is 0 Å². The molecule has 1 atom stereocenters. The average molecular weight is 207 g/mol. The quantitative estimate of drug-likeness (QED) is 0.707. The first-order chi connectivity index (χ1) is 7.11. The molecule has 1 rings (SSSR count). The van der Waals surface area contributed by atoms with Crippen LogP contribution in [0.3, 0.4) is 0 Å². The fraction of sp³-hybridized carbons (Fsp3) is 0.273. The van der Waals surface area contributed by atoms with Crippen LogP contribution < -0.4 is 5.73 Å². The van der Waals surface area contributed by atoms with Gasteiger partial charge in [-0.1, -0.05) is 30.3 Å². The van der Waals surface area contributed by atoms with Crippen molar-refractivity contribution in [1.82, 2.24) is 0 Å². The number of hydrogen-bond acceptors (Lipinski definition) is 3. The Morgan fingerprint density at radius 2 is 1.87 bits per heavy atom. The zero-order chi connectivity index (χ0) is 11.3. The van der Waals surface area contributed by atoms with Crippen LogP contribution in [0.4, 0.5) is 0 Å². The van der Waals surface area contributed by atoms with Gasteiger partial charge in [-0.15, -0.1) is 0 Å². The number of carboxylic acids is 1. The molecule has 1 unspecified atom stereocenters. The van der Waals surface area contributed by atoms with Crippen molar-refractivity contribution in [2.24, 2.45) is 5.73 Å². The Bertz CT molecular complexity index is 348. The topological polar surface area (TPSA) is 80.4 Å². The van der Waals surface area contributed by atoms with Crippen LogP contribution in [0.2, 0.25) is 0 Å². The van der Waals surface area contributed by atoms with Gasteiger partial charge in [0.1, 0.15) is 0 Å². The highest BCUT2D eigenvalue weighted by atomic mass is 16.4. The highest BCUT2D eigenvalue weighted by molar-refractivity contribution is 6.00. The fourth-order valence-corrected chi connectivity index (χ4v) is 1.23. The molecule has 0 aliphatic carbocycles. The van der Waals surface area contributed by atoms with Crippen LogP contribution in [0.5, 0.6) is 0 Å². The van der Waals surface area contributed by atoms with Crippen molar-refractivity contribution in [2.75, 3.05) is 0 Å². The first-order valence-corrected chi connectivity index (χ1v) is 4.68. The number of rotatable bonds is 5. The van der Waals surface area contributed by atoms with Crippen LogP contribution in [0.15, 0.2) is 30.3 Å². The number of nitrogens with two attached hydrogens (primary N) is 1. The van der Waals surface area contributed by atoms with Crippen LogP contribution in [0, 0.1) is 0 Å². The molecule has 4 heteroatoms. The van der Waals surface area contributed by atoms with E-state index in [1.165, 1.54) is 0 Å². The highest BCUT2D eigenvalue weighted by Crippen LogP contribution is 2.05. The molecular formula is C11H13NO3. The van der Waals surface area contributed by atoms with Crippen molar-refractivity contribution in [3.63, 3.8) is 0 Å². The number of Topliss-reactive ketones (excluding diaryl/α,β-unsaturated/α-hetero) is 1. The lowest BCUT2D eigenvalue weighted by molar-refractivity contribution is -0.137. The number of aliphatic carboxylic acids is 1. The molecule has 0 aliphatic heterocycles. The van der Waals surface area contributed by atoms with Gasteiger partial charge in [0.2, 0.25) is 0 Å². The smallest absolute Gasteiger partial charge is 0.303 e. The molecule has 0 radical (unpaired) electrons. The van der Waals surface area contributed by atoms with E-state index < -0.39 is 12.0 Å². The number of hydrogen-bond donors (Lipinski definition) is 2. The van der Waals surface area contributed by atoms with Crippen LogP contribution in [0.1, 0.15) is 23.2 Å². The number of carbonyl (C=O) groups excluding carboxylic acids is 1. The van der Waals surface area contributed by atoms with E-state index in [0.29, 0.717) is 5.56 Å². The Morgan fingerprint density at radius 1 is 1.27 bits per heavy atom. The molecule has 1 aromatic rings. The van der Waals surface area contributed by atoms with E-state index in [2.05, 4.69) is 0 Å². The van der Waals surface area contributed by atoms with Crippen molar-refractivity contribution in [2.45, 2.75) is 18.9 Å². The molecule has 0 amide bonds. The summed E-state index contributed by atoms with van der Waals surface area (Å²) >= 11 is 0. The second kappa shape index (κ2) is 5.26. The lowest BCUT2D eigenvalue weighted by Gasteiger charge is -2.08. The monoisotopic (exact) mass is 207 g/mol. The van der Waals surface area contributed by atoms with E-state index in [4.69, 9.17) is 10.8 Å². The molecule has 3 N–H and O–H groups in total. The van der Waals surface area contributed by atoms with Gasteiger partial charge in [-0.05, 0) is 6.42 Å². The summed E-state index contributed by atoms with van der Waals surface area (Å²) in [6, 6.07) is 7.91. The third-order valence-corrected chi connectivity index (χ3v) is 2.06. The van der Waals surface area contributed by atoms with Gasteiger partial charge in [-0.3, -0.25) is 9.59 Å². The minimum Gasteiger partial charge on any atom is -0.481 e. The average Bonchev–Trinajstić information content (AvgIpc) is 2.26. The first-order valence-electron chi connectivity index (χ1n) is 4.68. The van der Waals surface area contributed by atoms with Crippen LogP contribution in [-0.2, 0) is 4.79 Å². The Kier molecular flexibility index (Phi) is 4.00. The predicted octanol–water partition coefficient (Wildman–Crippen LogP) is 1.06.